The van der Waals surface area contributed by atoms with Crippen LogP contribution in [0.1, 0.15) is 42.5 Å². The number of nitrogens with zero attached hydrogens (tertiary/aromatic N) is 4. The molecule has 0 spiro atoms. The van der Waals surface area contributed by atoms with Gasteiger partial charge in [-0.05, 0) is 19.1 Å². The van der Waals surface area contributed by atoms with Gasteiger partial charge in [0.15, 0.2) is 5.65 Å². The number of anilines is 1. The molecular formula is C21H17ClF3N5O. The Morgan fingerprint density at radius 2 is 2.10 bits per heavy atom. The second kappa shape index (κ2) is 7.62. The number of nitrogens with one attached hydrogen (secondary N) is 1. The van der Waals surface area contributed by atoms with Gasteiger partial charge in [0, 0.05) is 18.4 Å². The lowest BCUT2D eigenvalue weighted by atomic mass is 10.00. The first-order valence-corrected chi connectivity index (χ1v) is 9.84. The number of benzene rings is 1. The molecule has 2 N–H and O–H groups in total. The van der Waals surface area contributed by atoms with Crippen LogP contribution in [0.5, 0.6) is 0 Å². The van der Waals surface area contributed by atoms with Gasteiger partial charge in [0.05, 0.1) is 22.6 Å². The summed E-state index contributed by atoms with van der Waals surface area (Å²) in [6.07, 6.45) is 2.61. The Bertz CT molecular complexity index is 1210. The van der Waals surface area contributed by atoms with Crippen molar-refractivity contribution in [2.75, 3.05) is 11.9 Å². The first-order valence-electron chi connectivity index (χ1n) is 9.47. The summed E-state index contributed by atoms with van der Waals surface area (Å²) in [6, 6.07) is 4.59. The smallest absolute Gasteiger partial charge is 0.298 e. The number of alkyl halides is 2. The molecule has 2 aromatic heterocycles. The van der Waals surface area contributed by atoms with Crippen LogP contribution in [0, 0.1) is 12.4 Å². The third-order valence-corrected chi connectivity index (χ3v) is 5.75. The van der Waals surface area contributed by atoms with Crippen LogP contribution in [0.4, 0.5) is 19.0 Å². The molecule has 10 heteroatoms. The van der Waals surface area contributed by atoms with E-state index in [1.807, 2.05) is 0 Å². The van der Waals surface area contributed by atoms with Crippen LogP contribution < -0.4 is 5.32 Å². The zero-order valence-electron chi connectivity index (χ0n) is 16.3. The van der Waals surface area contributed by atoms with E-state index in [2.05, 4.69) is 25.1 Å². The Kier molecular flexibility index (Phi) is 5.23. The fourth-order valence-electron chi connectivity index (χ4n) is 3.50. The quantitative estimate of drug-likeness (QED) is 0.411. The monoisotopic (exact) mass is 447 g/mol. The summed E-state index contributed by atoms with van der Waals surface area (Å²) in [7, 11) is 0. The molecule has 0 saturated heterocycles. The van der Waals surface area contributed by atoms with Crippen molar-refractivity contribution in [1.29, 1.82) is 0 Å². The fourth-order valence-corrected chi connectivity index (χ4v) is 3.81. The van der Waals surface area contributed by atoms with Crippen molar-refractivity contribution in [1.82, 2.24) is 15.0 Å². The van der Waals surface area contributed by atoms with Crippen molar-refractivity contribution in [3.8, 4) is 0 Å². The Balaban J connectivity index is 1.74. The number of fused-ring (bicyclic) bond motifs is 1. The first kappa shape index (κ1) is 21.3. The molecule has 160 valence electrons. The highest BCUT2D eigenvalue weighted by atomic mass is 35.5. The highest BCUT2D eigenvalue weighted by Gasteiger charge is 2.54. The minimum atomic E-state index is -3.70. The van der Waals surface area contributed by atoms with Crippen LogP contribution in [0.3, 0.4) is 0 Å². The number of hydrogen-bond donors (Lipinski definition) is 2. The highest BCUT2D eigenvalue weighted by Crippen LogP contribution is 2.52. The van der Waals surface area contributed by atoms with Gasteiger partial charge in [-0.3, -0.25) is 0 Å². The second-order valence-corrected chi connectivity index (χ2v) is 7.86. The number of rotatable bonds is 6. The van der Waals surface area contributed by atoms with Crippen molar-refractivity contribution in [2.45, 2.75) is 37.3 Å². The predicted molar refractivity (Wildman–Crippen MR) is 109 cm³/mol. The van der Waals surface area contributed by atoms with Crippen molar-refractivity contribution in [2.24, 2.45) is 0 Å². The van der Waals surface area contributed by atoms with Gasteiger partial charge < -0.3 is 15.3 Å². The maximum absolute atomic E-state index is 14.8. The van der Waals surface area contributed by atoms with E-state index >= 15 is 0 Å². The molecule has 3 aromatic rings. The Morgan fingerprint density at radius 1 is 1.35 bits per heavy atom. The van der Waals surface area contributed by atoms with E-state index in [-0.39, 0.29) is 10.7 Å². The molecule has 0 unspecified atom stereocenters. The predicted octanol–water partition coefficient (Wildman–Crippen LogP) is 4.98. The molecule has 6 nitrogen and oxygen atoms in total. The summed E-state index contributed by atoms with van der Waals surface area (Å²) in [5, 5.41) is 12.6. The van der Waals surface area contributed by atoms with Gasteiger partial charge in [0.1, 0.15) is 29.7 Å². The molecule has 0 radical (unpaired) electrons. The van der Waals surface area contributed by atoms with E-state index in [1.165, 1.54) is 18.5 Å². The second-order valence-electron chi connectivity index (χ2n) is 7.50. The molecule has 1 atom stereocenters. The van der Waals surface area contributed by atoms with Crippen molar-refractivity contribution in [3.63, 3.8) is 0 Å². The van der Waals surface area contributed by atoms with Gasteiger partial charge in [-0.1, -0.05) is 23.7 Å². The molecule has 2 heterocycles. The van der Waals surface area contributed by atoms with Crippen LogP contribution in [-0.2, 0) is 11.5 Å². The summed E-state index contributed by atoms with van der Waals surface area (Å²) in [5.41, 5.74) is -0.720. The van der Waals surface area contributed by atoms with Crippen molar-refractivity contribution >= 4 is 28.5 Å². The Morgan fingerprint density at radius 3 is 2.74 bits per heavy atom. The van der Waals surface area contributed by atoms with E-state index in [9.17, 15) is 13.2 Å². The highest BCUT2D eigenvalue weighted by molar-refractivity contribution is 6.30. The third-order valence-electron chi connectivity index (χ3n) is 5.46. The molecule has 1 aromatic carbocycles. The summed E-state index contributed by atoms with van der Waals surface area (Å²) in [4.78, 5) is 16.3. The van der Waals surface area contributed by atoms with Gasteiger partial charge in [-0.15, -0.1) is 0 Å². The third kappa shape index (κ3) is 3.66. The normalized spacial score (nSPS) is 16.0. The number of hydrogen-bond acceptors (Lipinski definition) is 5. The van der Waals surface area contributed by atoms with Crippen LogP contribution >= 0.6 is 11.6 Å². The zero-order chi connectivity index (χ0) is 22.4. The SMILES string of the molecule is [C-]#[N+]C1(c2cc3c(N[C@H](C)c4cccc(C(F)(F)CO)c4F)ncnc3nc2Cl)CC1. The van der Waals surface area contributed by atoms with Crippen LogP contribution in [0.15, 0.2) is 30.6 Å². The lowest BCUT2D eigenvalue weighted by molar-refractivity contribution is -0.0583. The maximum Gasteiger partial charge on any atom is 0.298 e. The average molecular weight is 448 g/mol. The lowest BCUT2D eigenvalue weighted by Crippen LogP contribution is -2.22. The number of pyridine rings is 1. The molecule has 1 aliphatic rings. The van der Waals surface area contributed by atoms with E-state index in [0.29, 0.717) is 35.3 Å². The van der Waals surface area contributed by atoms with Crippen molar-refractivity contribution in [3.05, 3.63) is 69.7 Å². The van der Waals surface area contributed by atoms with Gasteiger partial charge in [0.25, 0.3) is 11.5 Å². The number of aliphatic hydroxyl groups excluding tert-OH is 1. The molecule has 1 fully saturated rings. The van der Waals surface area contributed by atoms with Gasteiger partial charge >= 0.3 is 0 Å². The number of aromatic nitrogens is 3. The maximum atomic E-state index is 14.8. The van der Waals surface area contributed by atoms with Gasteiger partial charge in [-0.25, -0.2) is 25.9 Å². The standard InChI is InChI=1S/C21H17ClF3N5O/c1-11(12-4-3-5-14(16(12)23)21(24,25)9-31)29-18-13-8-15(20(26-2)6-7-20)17(22)30-19(13)28-10-27-18/h3-5,8,10-11,31H,6-7,9H2,1H3,(H,27,28,29,30)/t11-/m1/s1. The van der Waals surface area contributed by atoms with E-state index < -0.39 is 35.5 Å². The fraction of sp³-hybridized carbons (Fsp3) is 0.333. The molecule has 0 amide bonds. The van der Waals surface area contributed by atoms with Crippen LogP contribution in [-0.4, -0.2) is 26.7 Å². The molecule has 31 heavy (non-hydrogen) atoms. The van der Waals surface area contributed by atoms with Gasteiger partial charge in [0.2, 0.25) is 0 Å². The summed E-state index contributed by atoms with van der Waals surface area (Å²) >= 11 is 6.28. The Labute approximate surface area is 180 Å². The average Bonchev–Trinajstić information content (AvgIpc) is 3.54. The summed E-state index contributed by atoms with van der Waals surface area (Å²) in [5.74, 6) is -4.50. The molecule has 1 aliphatic carbocycles. The number of halogens is 4. The Hall–Kier alpha value is -2.96. The van der Waals surface area contributed by atoms with Crippen LogP contribution in [0.25, 0.3) is 15.9 Å². The molecular weight excluding hydrogens is 431 g/mol. The van der Waals surface area contributed by atoms with E-state index in [4.69, 9.17) is 23.3 Å². The zero-order valence-corrected chi connectivity index (χ0v) is 17.1. The minimum Gasteiger partial charge on any atom is -0.390 e. The van der Waals surface area contributed by atoms with E-state index in [1.54, 1.807) is 13.0 Å². The largest absolute Gasteiger partial charge is 0.390 e. The molecule has 4 rings (SSSR count). The summed E-state index contributed by atoms with van der Waals surface area (Å²) in [6.45, 7) is 7.57. The van der Waals surface area contributed by atoms with Crippen LogP contribution in [0.2, 0.25) is 5.15 Å². The number of aliphatic hydroxyl groups is 1. The van der Waals surface area contributed by atoms with Crippen molar-refractivity contribution < 1.29 is 18.3 Å². The van der Waals surface area contributed by atoms with Gasteiger partial charge in [-0.2, -0.15) is 8.78 Å². The topological polar surface area (TPSA) is 75.3 Å². The molecule has 0 aliphatic heterocycles. The molecule has 0 bridgehead atoms. The van der Waals surface area contributed by atoms with E-state index in [0.717, 1.165) is 6.07 Å². The first-order chi connectivity index (χ1) is 14.7. The lowest BCUT2D eigenvalue weighted by Gasteiger charge is -2.21. The molecule has 1 saturated carbocycles. The minimum absolute atomic E-state index is 0.0145. The summed E-state index contributed by atoms with van der Waals surface area (Å²) < 4.78 is 42.6.